The Balaban J connectivity index is -0.0000000300. The van der Waals surface area contributed by atoms with Gasteiger partial charge in [0.1, 0.15) is 0 Å². The van der Waals surface area contributed by atoms with Crippen LogP contribution in [0.25, 0.3) is 0 Å². The number of hydrogen-bond donors (Lipinski definition) is 0. The van der Waals surface area contributed by atoms with Crippen molar-refractivity contribution in [3.63, 3.8) is 0 Å². The third-order valence-corrected chi connectivity index (χ3v) is 0. The third-order valence-electron chi connectivity index (χ3n) is 0. The van der Waals surface area contributed by atoms with Crippen LogP contribution in [0.3, 0.4) is 0 Å². The van der Waals surface area contributed by atoms with Gasteiger partial charge < -0.3 is 18.2 Å². The van der Waals surface area contributed by atoms with Crippen LogP contribution in [0.15, 0.2) is 0 Å². The van der Waals surface area contributed by atoms with Crippen LogP contribution in [-0.4, -0.2) is 26.6 Å². The summed E-state index contributed by atoms with van der Waals surface area (Å²) in [6.45, 7) is 0. The van der Waals surface area contributed by atoms with Crippen LogP contribution in [-0.2, 0) is 39.8 Å². The summed E-state index contributed by atoms with van der Waals surface area (Å²) >= 11 is -6.22. The molecule has 0 saturated heterocycles. The smallest absolute Gasteiger partial charge is 0.784 e. The number of rotatable bonds is 0. The molecule has 10 heavy (non-hydrogen) atoms. The van der Waals surface area contributed by atoms with Gasteiger partial charge in [0.25, 0.3) is 0 Å². The molecule has 0 aromatic heterocycles. The molecule has 0 amide bonds. The summed E-state index contributed by atoms with van der Waals surface area (Å²) in [5.41, 5.74) is 0. The molecule has 0 saturated carbocycles. The first-order valence-electron chi connectivity index (χ1n) is 1.00. The average Bonchev–Trinajstić information content (AvgIpc) is 1.25. The molecule has 0 aromatic carbocycles. The van der Waals surface area contributed by atoms with Gasteiger partial charge in [-0.1, -0.05) is 0 Å². The van der Waals surface area contributed by atoms with Gasteiger partial charge in [-0.25, -0.2) is 0 Å². The van der Waals surface area contributed by atoms with Crippen molar-refractivity contribution in [1.29, 1.82) is 0 Å². The molecule has 57 valence electrons. The zero-order chi connectivity index (χ0) is 7.15. The monoisotopic (exact) mass is 239 g/mol. The van der Waals surface area contributed by atoms with E-state index in [-0.39, 0.29) is 46.6 Å². The van der Waals surface area contributed by atoms with E-state index < -0.39 is 22.7 Å². The van der Waals surface area contributed by atoms with Crippen molar-refractivity contribution in [3.8, 4) is 0 Å². The summed E-state index contributed by atoms with van der Waals surface area (Å²) in [5, 5.41) is 0. The van der Waals surface area contributed by atoms with Crippen LogP contribution in [0, 0.1) is 0 Å². The molecule has 0 fully saturated rings. The molecule has 0 aliphatic rings. The molecule has 0 N–H and O–H groups in total. The first-order chi connectivity index (χ1) is 3.46. The van der Waals surface area contributed by atoms with E-state index in [9.17, 15) is 0 Å². The second kappa shape index (κ2) is 17.0. The van der Waals surface area contributed by atoms with Crippen molar-refractivity contribution in [1.82, 2.24) is 0 Å². The van der Waals surface area contributed by atoms with E-state index in [4.69, 9.17) is 26.6 Å². The van der Waals surface area contributed by atoms with Gasteiger partial charge >= 0.3 is 46.6 Å². The van der Waals surface area contributed by atoms with Crippen LogP contribution in [0.2, 0.25) is 0 Å². The second-order valence-corrected chi connectivity index (χ2v) is 1.22. The molecule has 0 spiro atoms. The predicted molar refractivity (Wildman–Crippen MR) is 19.4 cm³/mol. The Morgan fingerprint density at radius 3 is 0.800 bits per heavy atom. The van der Waals surface area contributed by atoms with Gasteiger partial charge in [0.2, 0.25) is 0 Å². The average molecular weight is 239 g/mol. The van der Waals surface area contributed by atoms with Crippen molar-refractivity contribution in [3.05, 3.63) is 0 Å². The Bertz CT molecular complexity index is 73.7. The Kier molecular flexibility index (Phi) is 38.3. The van der Waals surface area contributed by atoms with Gasteiger partial charge in [-0.2, -0.15) is 0 Å². The zero-order valence-corrected chi connectivity index (χ0v) is 9.36. The number of hydrogen-bond acceptors (Lipinski definition) is 6. The SMILES string of the molecule is O=S([O-])[O-].O=S([O-])[O-].[Fe+3].[Na+]. The molecule has 0 atom stereocenters. The van der Waals surface area contributed by atoms with Gasteiger partial charge in [-0.3, -0.25) is 8.42 Å². The van der Waals surface area contributed by atoms with E-state index in [0.717, 1.165) is 0 Å². The maximum Gasteiger partial charge on any atom is 3.00 e. The van der Waals surface area contributed by atoms with Crippen molar-refractivity contribution >= 4 is 22.7 Å². The predicted octanol–water partition coefficient (Wildman–Crippen LogP) is -5.01. The molecule has 0 rings (SSSR count). The molecule has 0 aliphatic heterocycles. The Morgan fingerprint density at radius 2 is 0.800 bits per heavy atom. The Hall–Kier alpha value is 1.66. The minimum Gasteiger partial charge on any atom is -0.784 e. The summed E-state index contributed by atoms with van der Waals surface area (Å²) in [6, 6.07) is 0. The minimum absolute atomic E-state index is 0. The molecular weight excluding hydrogens is 239 g/mol. The van der Waals surface area contributed by atoms with Crippen molar-refractivity contribution in [2.75, 3.05) is 0 Å². The Labute approximate surface area is 95.2 Å². The summed E-state index contributed by atoms with van der Waals surface area (Å²) in [6.07, 6.45) is 0. The first kappa shape index (κ1) is 22.6. The van der Waals surface area contributed by atoms with Gasteiger partial charge in [0.05, 0.1) is 0 Å². The van der Waals surface area contributed by atoms with Gasteiger partial charge in [0, 0.05) is 0 Å². The van der Waals surface area contributed by atoms with Gasteiger partial charge in [-0.05, 0) is 0 Å². The van der Waals surface area contributed by atoms with E-state index in [2.05, 4.69) is 0 Å². The summed E-state index contributed by atoms with van der Waals surface area (Å²) < 4.78 is 50.7. The molecule has 0 aliphatic carbocycles. The summed E-state index contributed by atoms with van der Waals surface area (Å²) in [4.78, 5) is 0. The molecular formula is FeNaO6S2. The second-order valence-electron chi connectivity index (χ2n) is 0.408. The fraction of sp³-hybridized carbons (Fsp3) is 0. The minimum atomic E-state index is -3.11. The van der Waals surface area contributed by atoms with Crippen molar-refractivity contribution in [2.24, 2.45) is 0 Å². The van der Waals surface area contributed by atoms with Gasteiger partial charge in [-0.15, -0.1) is 22.7 Å². The molecule has 0 bridgehead atoms. The molecule has 10 heteroatoms. The van der Waals surface area contributed by atoms with Crippen LogP contribution in [0.5, 0.6) is 0 Å². The van der Waals surface area contributed by atoms with Crippen LogP contribution in [0.1, 0.15) is 0 Å². The maximum atomic E-state index is 8.44. The van der Waals surface area contributed by atoms with Gasteiger partial charge in [0.15, 0.2) is 0 Å². The normalized spacial score (nSPS) is 7.00. The largest absolute Gasteiger partial charge is 3.00 e. The fourth-order valence-corrected chi connectivity index (χ4v) is 0. The zero-order valence-electron chi connectivity index (χ0n) is 4.62. The van der Waals surface area contributed by atoms with E-state index in [1.807, 2.05) is 0 Å². The first-order valence-corrected chi connectivity index (χ1v) is 3.00. The van der Waals surface area contributed by atoms with E-state index in [1.165, 1.54) is 0 Å². The van der Waals surface area contributed by atoms with E-state index in [0.29, 0.717) is 0 Å². The topological polar surface area (TPSA) is 126 Å². The van der Waals surface area contributed by atoms with E-state index in [1.54, 1.807) is 0 Å². The van der Waals surface area contributed by atoms with Crippen LogP contribution in [0.4, 0.5) is 0 Å². The van der Waals surface area contributed by atoms with E-state index >= 15 is 0 Å². The fourth-order valence-electron chi connectivity index (χ4n) is 0. The molecule has 1 radical (unpaired) electrons. The molecule has 0 heterocycles. The quantitative estimate of drug-likeness (QED) is 0.307. The van der Waals surface area contributed by atoms with Crippen LogP contribution >= 0.6 is 0 Å². The molecule has 0 unspecified atom stereocenters. The summed E-state index contributed by atoms with van der Waals surface area (Å²) in [5.74, 6) is 0. The van der Waals surface area contributed by atoms with Crippen molar-refractivity contribution < 1.29 is 73.3 Å². The third kappa shape index (κ3) is 263. The standard InChI is InChI=1S/Fe.Na.2H2O3S/c;;2*1-4(2)3/h;;2*(H2,1,2,3)/q+3;+1;;/p-4. The molecule has 6 nitrogen and oxygen atoms in total. The maximum absolute atomic E-state index is 8.44. The van der Waals surface area contributed by atoms with Crippen molar-refractivity contribution in [2.45, 2.75) is 0 Å². The summed E-state index contributed by atoms with van der Waals surface area (Å²) in [7, 11) is 0. The molecule has 0 aromatic rings. The Morgan fingerprint density at radius 1 is 0.800 bits per heavy atom. The van der Waals surface area contributed by atoms with Crippen LogP contribution < -0.4 is 29.6 Å².